The van der Waals surface area contributed by atoms with Gasteiger partial charge in [-0.1, -0.05) is 6.07 Å². The molecule has 14 heteroatoms. The van der Waals surface area contributed by atoms with Crippen molar-refractivity contribution in [2.45, 2.75) is 36.7 Å². The molecular weight excluding hydrogens is 548 g/mol. The Kier molecular flexibility index (Phi) is 13.6. The third kappa shape index (κ3) is 10.0. The molecule has 0 radical (unpaired) electrons. The van der Waals surface area contributed by atoms with E-state index in [1.54, 1.807) is 18.2 Å². The third-order valence-electron chi connectivity index (χ3n) is 6.15. The van der Waals surface area contributed by atoms with E-state index in [2.05, 4.69) is 5.32 Å². The molecule has 2 N–H and O–H groups in total. The van der Waals surface area contributed by atoms with E-state index in [4.69, 9.17) is 28.8 Å². The van der Waals surface area contributed by atoms with E-state index in [9.17, 15) is 23.4 Å². The van der Waals surface area contributed by atoms with Crippen LogP contribution in [0, 0.1) is 0 Å². The molecule has 2 unspecified atom stereocenters. The quantitative estimate of drug-likeness (QED) is 0.158. The zero-order chi connectivity index (χ0) is 28.7. The fraction of sp³-hybridized carbons (Fsp3) is 0.615. The number of benzene rings is 1. The lowest BCUT2D eigenvalue weighted by molar-refractivity contribution is -0.139. The molecule has 0 spiro atoms. The smallest absolute Gasteiger partial charge is 0.305 e. The van der Waals surface area contributed by atoms with E-state index in [0.717, 1.165) is 0 Å². The summed E-state index contributed by atoms with van der Waals surface area (Å²) in [5.74, 6) is -1.77. The summed E-state index contributed by atoms with van der Waals surface area (Å²) < 4.78 is 39.7. The van der Waals surface area contributed by atoms with E-state index in [1.807, 2.05) is 0 Å². The minimum atomic E-state index is -1.40. The zero-order valence-corrected chi connectivity index (χ0v) is 23.1. The van der Waals surface area contributed by atoms with Crippen LogP contribution in [0.1, 0.15) is 35.2 Å². The van der Waals surface area contributed by atoms with Crippen LogP contribution in [0.2, 0.25) is 0 Å². The van der Waals surface area contributed by atoms with E-state index >= 15 is 0 Å². The van der Waals surface area contributed by atoms with Crippen molar-refractivity contribution >= 4 is 34.5 Å². The van der Waals surface area contributed by atoms with Crippen molar-refractivity contribution in [1.29, 1.82) is 0 Å². The molecular formula is C26H36N2O11S. The van der Waals surface area contributed by atoms with Gasteiger partial charge in [0, 0.05) is 29.0 Å². The highest BCUT2D eigenvalue weighted by molar-refractivity contribution is 7.85. The molecule has 0 saturated carbocycles. The summed E-state index contributed by atoms with van der Waals surface area (Å²) in [4.78, 5) is 49.0. The SMILES string of the molecule is O=C(O)CCOCCOCCOCCOCCOCCS(=O)c1cccc2c1CN(C1CCC(=O)NC1=O)C2=O. The van der Waals surface area contributed by atoms with Crippen LogP contribution in [0.4, 0.5) is 0 Å². The van der Waals surface area contributed by atoms with Crippen molar-refractivity contribution in [2.75, 3.05) is 71.8 Å². The number of imide groups is 1. The predicted octanol–water partition coefficient (Wildman–Crippen LogP) is 0.113. The average Bonchev–Trinajstić information content (AvgIpc) is 3.26. The molecule has 3 amide bonds. The van der Waals surface area contributed by atoms with Gasteiger partial charge in [-0.05, 0) is 18.6 Å². The Balaban J connectivity index is 1.23. The number of rotatable bonds is 20. The maximum absolute atomic E-state index is 13.0. The lowest BCUT2D eigenvalue weighted by Gasteiger charge is -2.29. The summed E-state index contributed by atoms with van der Waals surface area (Å²) in [6.45, 7) is 3.57. The number of nitrogens with one attached hydrogen (secondary N) is 1. The van der Waals surface area contributed by atoms with Crippen LogP contribution in [-0.4, -0.2) is 116 Å². The molecule has 13 nitrogen and oxygen atoms in total. The molecule has 2 aliphatic rings. The summed E-state index contributed by atoms with van der Waals surface area (Å²) in [6.07, 6.45) is 0.420. The number of piperidine rings is 1. The first kappa shape index (κ1) is 31.8. The lowest BCUT2D eigenvalue weighted by atomic mass is 10.0. The van der Waals surface area contributed by atoms with Gasteiger partial charge in [0.1, 0.15) is 6.04 Å². The van der Waals surface area contributed by atoms with Crippen molar-refractivity contribution in [3.63, 3.8) is 0 Å². The molecule has 40 heavy (non-hydrogen) atoms. The zero-order valence-electron chi connectivity index (χ0n) is 22.3. The monoisotopic (exact) mass is 584 g/mol. The number of hydrogen-bond donors (Lipinski definition) is 2. The van der Waals surface area contributed by atoms with Crippen LogP contribution in [0.3, 0.4) is 0 Å². The topological polar surface area (TPSA) is 167 Å². The highest BCUT2D eigenvalue weighted by Gasteiger charge is 2.40. The van der Waals surface area contributed by atoms with Crippen molar-refractivity contribution in [3.05, 3.63) is 29.3 Å². The number of aliphatic carboxylic acids is 1. The summed E-state index contributed by atoms with van der Waals surface area (Å²) in [5.41, 5.74) is 1.08. The molecule has 0 bridgehead atoms. The van der Waals surface area contributed by atoms with Crippen LogP contribution in [-0.2, 0) is 55.4 Å². The summed E-state index contributed by atoms with van der Waals surface area (Å²) in [5, 5.41) is 10.8. The van der Waals surface area contributed by atoms with E-state index in [-0.39, 0.29) is 56.6 Å². The van der Waals surface area contributed by atoms with Gasteiger partial charge in [-0.3, -0.25) is 28.7 Å². The van der Waals surface area contributed by atoms with Crippen molar-refractivity contribution in [3.8, 4) is 0 Å². The molecule has 1 aromatic rings. The largest absolute Gasteiger partial charge is 0.481 e. The van der Waals surface area contributed by atoms with E-state index < -0.39 is 28.7 Å². The number of carboxylic acid groups (broad SMARTS) is 1. The maximum Gasteiger partial charge on any atom is 0.305 e. The maximum atomic E-state index is 13.0. The van der Waals surface area contributed by atoms with Crippen molar-refractivity contribution in [2.24, 2.45) is 0 Å². The average molecular weight is 585 g/mol. The van der Waals surface area contributed by atoms with Gasteiger partial charge in [0.2, 0.25) is 11.8 Å². The second-order valence-electron chi connectivity index (χ2n) is 8.94. The number of hydrogen-bond acceptors (Lipinski definition) is 10. The molecule has 0 aliphatic carbocycles. The second-order valence-corrected chi connectivity index (χ2v) is 10.5. The lowest BCUT2D eigenvalue weighted by Crippen LogP contribution is -2.52. The third-order valence-corrected chi connectivity index (χ3v) is 7.56. The molecule has 3 rings (SSSR count). The van der Waals surface area contributed by atoms with Gasteiger partial charge in [-0.2, -0.15) is 0 Å². The Hall–Kier alpha value is -2.75. The van der Waals surface area contributed by atoms with Crippen LogP contribution in [0.15, 0.2) is 23.1 Å². The first-order valence-electron chi connectivity index (χ1n) is 13.1. The summed E-state index contributed by atoms with van der Waals surface area (Å²) in [7, 11) is -1.40. The Morgan fingerprint density at radius 2 is 1.48 bits per heavy atom. The number of carboxylic acids is 1. The van der Waals surface area contributed by atoms with Gasteiger partial charge < -0.3 is 33.7 Å². The number of nitrogens with zero attached hydrogens (tertiary/aromatic N) is 1. The fourth-order valence-electron chi connectivity index (χ4n) is 4.16. The van der Waals surface area contributed by atoms with Gasteiger partial charge in [0.15, 0.2) is 0 Å². The van der Waals surface area contributed by atoms with Crippen molar-refractivity contribution < 1.29 is 52.2 Å². The van der Waals surface area contributed by atoms with Crippen LogP contribution in [0.5, 0.6) is 0 Å². The summed E-state index contributed by atoms with van der Waals surface area (Å²) in [6, 6.07) is 4.35. The first-order valence-corrected chi connectivity index (χ1v) is 14.5. The number of carbonyl (C=O) groups is 4. The van der Waals surface area contributed by atoms with Crippen LogP contribution in [0.25, 0.3) is 0 Å². The Morgan fingerprint density at radius 3 is 2.05 bits per heavy atom. The van der Waals surface area contributed by atoms with Gasteiger partial charge >= 0.3 is 5.97 Å². The van der Waals surface area contributed by atoms with Crippen molar-refractivity contribution in [1.82, 2.24) is 10.2 Å². The van der Waals surface area contributed by atoms with Crippen LogP contribution < -0.4 is 5.32 Å². The Morgan fingerprint density at radius 1 is 0.900 bits per heavy atom. The second kappa shape index (κ2) is 17.1. The minimum absolute atomic E-state index is 0.0270. The van der Waals surface area contributed by atoms with Gasteiger partial charge in [-0.25, -0.2) is 0 Å². The Bertz CT molecular complexity index is 1050. The Labute approximate surface area is 234 Å². The van der Waals surface area contributed by atoms with Gasteiger partial charge in [0.05, 0.1) is 89.0 Å². The number of carbonyl (C=O) groups excluding carboxylic acids is 3. The molecule has 1 fully saturated rings. The standard InChI is InChI=1S/C26H36N2O11S/c29-23-5-4-21(25(32)27-23)28-18-20-19(26(28)33)2-1-3-22(20)40(34)17-16-39-15-14-38-13-12-37-11-10-36-9-8-35-7-6-24(30)31/h1-3,21H,4-18H2,(H,30,31)(H,27,29,32). The van der Waals surface area contributed by atoms with E-state index in [0.29, 0.717) is 68.9 Å². The van der Waals surface area contributed by atoms with Gasteiger partial charge in [0.25, 0.3) is 5.91 Å². The highest BCUT2D eigenvalue weighted by atomic mass is 32.2. The molecule has 2 heterocycles. The molecule has 1 aromatic carbocycles. The minimum Gasteiger partial charge on any atom is -0.481 e. The van der Waals surface area contributed by atoms with E-state index in [1.165, 1.54) is 4.90 Å². The molecule has 0 aromatic heterocycles. The molecule has 2 aliphatic heterocycles. The number of fused-ring (bicyclic) bond motifs is 1. The van der Waals surface area contributed by atoms with Crippen LogP contribution >= 0.6 is 0 Å². The molecule has 1 saturated heterocycles. The number of ether oxygens (including phenoxy) is 5. The first-order chi connectivity index (χ1) is 19.4. The molecule has 2 atom stereocenters. The fourth-order valence-corrected chi connectivity index (χ4v) is 5.33. The highest BCUT2D eigenvalue weighted by Crippen LogP contribution is 2.31. The molecule has 222 valence electrons. The number of amides is 3. The normalized spacial score (nSPS) is 17.6. The van der Waals surface area contributed by atoms with Gasteiger partial charge in [-0.15, -0.1) is 0 Å². The summed E-state index contributed by atoms with van der Waals surface area (Å²) >= 11 is 0. The predicted molar refractivity (Wildman–Crippen MR) is 140 cm³/mol.